The van der Waals surface area contributed by atoms with E-state index in [1.807, 2.05) is 6.07 Å². The van der Waals surface area contributed by atoms with Crippen LogP contribution in [0.4, 0.5) is 5.69 Å². The average molecular weight is 185 g/mol. The quantitative estimate of drug-likeness (QED) is 0.668. The second-order valence-corrected chi connectivity index (χ2v) is 4.01. The van der Waals surface area contributed by atoms with Gasteiger partial charge in [0.1, 0.15) is 0 Å². The Morgan fingerprint density at radius 3 is 2.79 bits per heavy atom. The Hall–Kier alpha value is -1.37. The van der Waals surface area contributed by atoms with Crippen molar-refractivity contribution in [3.05, 3.63) is 42.0 Å². The van der Waals surface area contributed by atoms with E-state index in [1.54, 1.807) is 0 Å². The van der Waals surface area contributed by atoms with E-state index in [0.717, 1.165) is 12.1 Å². The van der Waals surface area contributed by atoms with Crippen molar-refractivity contribution in [2.45, 2.75) is 20.3 Å². The van der Waals surface area contributed by atoms with Gasteiger partial charge in [0.25, 0.3) is 0 Å². The summed E-state index contributed by atoms with van der Waals surface area (Å²) in [6.45, 7) is 4.36. The van der Waals surface area contributed by atoms with Gasteiger partial charge in [-0.05, 0) is 23.6 Å². The fourth-order valence-corrected chi connectivity index (χ4v) is 1.56. The Labute approximate surface area is 85.2 Å². The second kappa shape index (κ2) is 3.79. The number of aliphatic imine (C=N–C) groups is 1. The molecule has 0 unspecified atom stereocenters. The highest BCUT2D eigenvalue weighted by Gasteiger charge is 2.10. The van der Waals surface area contributed by atoms with Crippen LogP contribution >= 0.6 is 0 Å². The van der Waals surface area contributed by atoms with Crippen LogP contribution in [0.3, 0.4) is 0 Å². The van der Waals surface area contributed by atoms with Crippen LogP contribution in [0.5, 0.6) is 0 Å². The number of rotatable bonds is 2. The van der Waals surface area contributed by atoms with E-state index in [4.69, 9.17) is 0 Å². The van der Waals surface area contributed by atoms with Crippen molar-refractivity contribution in [3.63, 3.8) is 0 Å². The summed E-state index contributed by atoms with van der Waals surface area (Å²) < 4.78 is 0. The normalized spacial score (nSPS) is 14.9. The predicted molar refractivity (Wildman–Crippen MR) is 61.2 cm³/mol. The average Bonchev–Trinajstić information content (AvgIpc) is 2.57. The van der Waals surface area contributed by atoms with Gasteiger partial charge in [-0.1, -0.05) is 38.1 Å². The summed E-state index contributed by atoms with van der Waals surface area (Å²) in [4.78, 5) is 4.55. The number of nitrogens with zero attached hydrogens (tertiary/aromatic N) is 1. The summed E-state index contributed by atoms with van der Waals surface area (Å²) in [5.41, 5.74) is 3.66. The highest BCUT2D eigenvalue weighted by molar-refractivity contribution is 6.01. The Kier molecular flexibility index (Phi) is 2.49. The fourth-order valence-electron chi connectivity index (χ4n) is 1.56. The highest BCUT2D eigenvalue weighted by Crippen LogP contribution is 2.26. The van der Waals surface area contributed by atoms with Crippen LogP contribution in [0.2, 0.25) is 0 Å². The molecule has 1 aromatic rings. The number of fused-ring (bicyclic) bond motifs is 1. The molecule has 0 N–H and O–H groups in total. The second-order valence-electron chi connectivity index (χ2n) is 4.01. The first kappa shape index (κ1) is 9.20. The van der Waals surface area contributed by atoms with Gasteiger partial charge in [-0.15, -0.1) is 0 Å². The van der Waals surface area contributed by atoms with Gasteiger partial charge in [-0.2, -0.15) is 0 Å². The van der Waals surface area contributed by atoms with Gasteiger partial charge >= 0.3 is 0 Å². The lowest BCUT2D eigenvalue weighted by Gasteiger charge is -1.94. The van der Waals surface area contributed by atoms with E-state index in [1.165, 1.54) is 11.3 Å². The van der Waals surface area contributed by atoms with Gasteiger partial charge < -0.3 is 0 Å². The Morgan fingerprint density at radius 2 is 2.07 bits per heavy atom. The van der Waals surface area contributed by atoms with Gasteiger partial charge in [0.05, 0.1) is 5.69 Å². The van der Waals surface area contributed by atoms with E-state index in [0.29, 0.717) is 5.92 Å². The van der Waals surface area contributed by atoms with E-state index < -0.39 is 0 Å². The molecule has 2 rings (SSSR count). The van der Waals surface area contributed by atoms with Crippen molar-refractivity contribution >= 4 is 11.4 Å². The summed E-state index contributed by atoms with van der Waals surface area (Å²) in [6, 6.07) is 8.33. The third-order valence-corrected chi connectivity index (χ3v) is 2.30. The minimum atomic E-state index is 0.599. The highest BCUT2D eigenvalue weighted by atomic mass is 14.8. The number of hydrogen-bond donors (Lipinski definition) is 0. The fraction of sp³-hybridized carbons (Fsp3) is 0.308. The Morgan fingerprint density at radius 1 is 1.29 bits per heavy atom. The van der Waals surface area contributed by atoms with Gasteiger partial charge in [0, 0.05) is 12.1 Å². The SMILES string of the molecule is CC(C)/C=C/C1=Nc2ccccc2C1. The molecule has 0 aliphatic carbocycles. The maximum absolute atomic E-state index is 4.55. The molecule has 1 heterocycles. The summed E-state index contributed by atoms with van der Waals surface area (Å²) in [7, 11) is 0. The summed E-state index contributed by atoms with van der Waals surface area (Å²) in [5.74, 6) is 0.599. The van der Waals surface area contributed by atoms with Crippen LogP contribution in [0, 0.1) is 5.92 Å². The van der Waals surface area contributed by atoms with Crippen molar-refractivity contribution in [2.75, 3.05) is 0 Å². The molecule has 14 heavy (non-hydrogen) atoms. The van der Waals surface area contributed by atoms with E-state index >= 15 is 0 Å². The standard InChI is InChI=1S/C13H15N/c1-10(2)7-8-12-9-11-5-3-4-6-13(11)14-12/h3-8,10H,9H2,1-2H3/b8-7+. The molecule has 1 aliphatic heterocycles. The van der Waals surface area contributed by atoms with Crippen LogP contribution < -0.4 is 0 Å². The predicted octanol–water partition coefficient (Wildman–Crippen LogP) is 3.53. The summed E-state index contributed by atoms with van der Waals surface area (Å²) in [5, 5.41) is 0. The van der Waals surface area contributed by atoms with Gasteiger partial charge in [-0.3, -0.25) is 4.99 Å². The number of para-hydroxylation sites is 1. The van der Waals surface area contributed by atoms with Crippen LogP contribution in [-0.4, -0.2) is 5.71 Å². The molecule has 0 fully saturated rings. The zero-order chi connectivity index (χ0) is 9.97. The molecular weight excluding hydrogens is 170 g/mol. The van der Waals surface area contributed by atoms with E-state index in [9.17, 15) is 0 Å². The lowest BCUT2D eigenvalue weighted by atomic mass is 10.1. The number of benzene rings is 1. The molecule has 1 heteroatoms. The molecule has 72 valence electrons. The molecule has 0 aromatic heterocycles. The first-order chi connectivity index (χ1) is 6.75. The molecule has 0 bridgehead atoms. The maximum Gasteiger partial charge on any atom is 0.0669 e. The maximum atomic E-state index is 4.55. The zero-order valence-corrected chi connectivity index (χ0v) is 8.70. The number of allylic oxidation sites excluding steroid dienone is 2. The molecule has 0 spiro atoms. The third-order valence-electron chi connectivity index (χ3n) is 2.30. The molecule has 0 radical (unpaired) electrons. The molecule has 0 saturated heterocycles. The molecule has 0 saturated carbocycles. The molecule has 1 aromatic carbocycles. The largest absolute Gasteiger partial charge is 0.253 e. The van der Waals surface area contributed by atoms with Gasteiger partial charge in [0.2, 0.25) is 0 Å². The lowest BCUT2D eigenvalue weighted by molar-refractivity contribution is 0.832. The molecular formula is C13H15N. The monoisotopic (exact) mass is 185 g/mol. The van der Waals surface area contributed by atoms with Crippen molar-refractivity contribution in [1.82, 2.24) is 0 Å². The smallest absolute Gasteiger partial charge is 0.0669 e. The third kappa shape index (κ3) is 1.92. The Balaban J connectivity index is 2.16. The van der Waals surface area contributed by atoms with Crippen molar-refractivity contribution in [3.8, 4) is 0 Å². The first-order valence-corrected chi connectivity index (χ1v) is 5.09. The minimum Gasteiger partial charge on any atom is -0.253 e. The molecule has 1 aliphatic rings. The Bertz CT molecular complexity index is 386. The van der Waals surface area contributed by atoms with Crippen molar-refractivity contribution < 1.29 is 0 Å². The molecule has 1 nitrogen and oxygen atoms in total. The zero-order valence-electron chi connectivity index (χ0n) is 8.70. The van der Waals surface area contributed by atoms with E-state index in [-0.39, 0.29) is 0 Å². The molecule has 0 atom stereocenters. The van der Waals surface area contributed by atoms with Crippen molar-refractivity contribution in [2.24, 2.45) is 10.9 Å². The lowest BCUT2D eigenvalue weighted by Crippen LogP contribution is -1.93. The van der Waals surface area contributed by atoms with Crippen molar-refractivity contribution in [1.29, 1.82) is 0 Å². The number of hydrogen-bond acceptors (Lipinski definition) is 1. The van der Waals surface area contributed by atoms with Gasteiger partial charge in [-0.25, -0.2) is 0 Å². The minimum absolute atomic E-state index is 0.599. The molecule has 0 amide bonds. The van der Waals surface area contributed by atoms with Gasteiger partial charge in [0.15, 0.2) is 0 Å². The summed E-state index contributed by atoms with van der Waals surface area (Å²) in [6.07, 6.45) is 5.33. The summed E-state index contributed by atoms with van der Waals surface area (Å²) >= 11 is 0. The van der Waals surface area contributed by atoms with Crippen LogP contribution in [0.25, 0.3) is 0 Å². The van der Waals surface area contributed by atoms with Crippen LogP contribution in [0.15, 0.2) is 41.4 Å². The van der Waals surface area contributed by atoms with Crippen LogP contribution in [0.1, 0.15) is 19.4 Å². The van der Waals surface area contributed by atoms with Crippen LogP contribution in [-0.2, 0) is 6.42 Å². The van der Waals surface area contributed by atoms with E-state index in [2.05, 4.69) is 49.2 Å². The first-order valence-electron chi connectivity index (χ1n) is 5.09. The topological polar surface area (TPSA) is 12.4 Å².